The number of methoxy groups -OCH3 is 1. The molecule has 3 N–H and O–H groups in total. The number of carbonyl (C=O) groups excluding carboxylic acids is 2. The Morgan fingerprint density at radius 2 is 2.12 bits per heavy atom. The molecule has 0 aromatic carbocycles. The largest absolute Gasteiger partial charge is 0.464 e. The van der Waals surface area contributed by atoms with E-state index in [0.717, 1.165) is 19.3 Å². The molecule has 1 fully saturated rings. The Balaban J connectivity index is 2.36. The lowest BCUT2D eigenvalue weighted by Crippen LogP contribution is -2.54. The van der Waals surface area contributed by atoms with Crippen LogP contribution in [0.2, 0.25) is 0 Å². The molecule has 0 heterocycles. The van der Waals surface area contributed by atoms with Crippen LogP contribution in [0.1, 0.15) is 26.2 Å². The average Bonchev–Trinajstić information content (AvgIpc) is 2.27. The van der Waals surface area contributed by atoms with Crippen molar-refractivity contribution in [1.82, 2.24) is 5.32 Å². The Morgan fingerprint density at radius 1 is 1.47 bits per heavy atom. The molecule has 0 saturated heterocycles. The van der Waals surface area contributed by atoms with Gasteiger partial charge in [0.25, 0.3) is 0 Å². The number of carbonyl (C=O) groups is 2. The molecule has 6 heteroatoms. The fourth-order valence-corrected chi connectivity index (χ4v) is 1.72. The van der Waals surface area contributed by atoms with E-state index in [2.05, 4.69) is 10.1 Å². The molecular weight excluding hydrogens is 224 g/mol. The third-order valence-corrected chi connectivity index (χ3v) is 3.11. The van der Waals surface area contributed by atoms with Crippen LogP contribution in [0.4, 0.5) is 0 Å². The van der Waals surface area contributed by atoms with Crippen molar-refractivity contribution in [1.29, 1.82) is 0 Å². The maximum atomic E-state index is 11.6. The lowest BCUT2D eigenvalue weighted by atomic mass is 9.80. The van der Waals surface area contributed by atoms with E-state index in [1.807, 2.05) is 0 Å². The van der Waals surface area contributed by atoms with Gasteiger partial charge in [-0.2, -0.15) is 0 Å². The third kappa shape index (κ3) is 3.41. The topological polar surface area (TPSA) is 90.7 Å². The standard InChI is InChI=1S/C11H20N2O4/c1-3-17-10(15)8(12)9(14)13-7-11(16-2)5-4-6-11/h8H,3-7,12H2,1-2H3,(H,13,14). The van der Waals surface area contributed by atoms with Crippen LogP contribution in [-0.4, -0.2) is 43.8 Å². The predicted octanol–water partition coefficient (Wildman–Crippen LogP) is -0.438. The van der Waals surface area contributed by atoms with E-state index in [9.17, 15) is 9.59 Å². The van der Waals surface area contributed by atoms with Gasteiger partial charge in [-0.15, -0.1) is 0 Å². The number of nitrogens with two attached hydrogens (primary N) is 1. The van der Waals surface area contributed by atoms with Gasteiger partial charge in [-0.3, -0.25) is 4.79 Å². The lowest BCUT2D eigenvalue weighted by Gasteiger charge is -2.40. The molecule has 1 atom stereocenters. The number of esters is 1. The Bertz CT molecular complexity index is 284. The van der Waals surface area contributed by atoms with E-state index < -0.39 is 17.9 Å². The molecule has 0 aromatic rings. The van der Waals surface area contributed by atoms with Crippen LogP contribution in [0.3, 0.4) is 0 Å². The minimum Gasteiger partial charge on any atom is -0.464 e. The van der Waals surface area contributed by atoms with Gasteiger partial charge < -0.3 is 20.5 Å². The van der Waals surface area contributed by atoms with Crippen molar-refractivity contribution in [2.24, 2.45) is 5.73 Å². The summed E-state index contributed by atoms with van der Waals surface area (Å²) in [5, 5.41) is 2.63. The van der Waals surface area contributed by atoms with Gasteiger partial charge in [-0.05, 0) is 26.2 Å². The second-order valence-electron chi connectivity index (χ2n) is 4.19. The van der Waals surface area contributed by atoms with Crippen LogP contribution in [0.15, 0.2) is 0 Å². The van der Waals surface area contributed by atoms with Gasteiger partial charge in [0, 0.05) is 13.7 Å². The van der Waals surface area contributed by atoms with Gasteiger partial charge in [-0.1, -0.05) is 0 Å². The van der Waals surface area contributed by atoms with Gasteiger partial charge in [0.05, 0.1) is 12.2 Å². The quantitative estimate of drug-likeness (QED) is 0.488. The molecule has 1 saturated carbocycles. The molecule has 0 radical (unpaired) electrons. The summed E-state index contributed by atoms with van der Waals surface area (Å²) in [7, 11) is 1.62. The molecule has 98 valence electrons. The zero-order valence-electron chi connectivity index (χ0n) is 10.3. The van der Waals surface area contributed by atoms with Gasteiger partial charge in [-0.25, -0.2) is 4.79 Å². The normalized spacial score (nSPS) is 19.0. The molecule has 1 aliphatic rings. The van der Waals surface area contributed by atoms with Crippen LogP contribution in [0.25, 0.3) is 0 Å². The third-order valence-electron chi connectivity index (χ3n) is 3.11. The number of hydrogen-bond donors (Lipinski definition) is 2. The second kappa shape index (κ2) is 5.97. The molecular formula is C11H20N2O4. The summed E-state index contributed by atoms with van der Waals surface area (Å²) in [5.41, 5.74) is 5.18. The lowest BCUT2D eigenvalue weighted by molar-refractivity contribution is -0.148. The first-order valence-electron chi connectivity index (χ1n) is 5.80. The van der Waals surface area contributed by atoms with Gasteiger partial charge in [0.2, 0.25) is 5.91 Å². The van der Waals surface area contributed by atoms with E-state index in [1.54, 1.807) is 14.0 Å². The molecule has 6 nitrogen and oxygen atoms in total. The Kier molecular flexibility index (Phi) is 4.89. The van der Waals surface area contributed by atoms with Crippen LogP contribution < -0.4 is 11.1 Å². The minimum atomic E-state index is -1.26. The summed E-state index contributed by atoms with van der Waals surface area (Å²) in [5.74, 6) is -1.23. The van der Waals surface area contributed by atoms with Crippen molar-refractivity contribution in [3.63, 3.8) is 0 Å². The highest BCUT2D eigenvalue weighted by atomic mass is 16.5. The first kappa shape index (κ1) is 13.9. The summed E-state index contributed by atoms with van der Waals surface area (Å²) < 4.78 is 10.0. The van der Waals surface area contributed by atoms with Crippen molar-refractivity contribution in [2.75, 3.05) is 20.3 Å². The SMILES string of the molecule is CCOC(=O)C(N)C(=O)NCC1(OC)CCC1. The molecule has 1 unspecified atom stereocenters. The maximum absolute atomic E-state index is 11.6. The van der Waals surface area contributed by atoms with Crippen molar-refractivity contribution < 1.29 is 19.1 Å². The first-order chi connectivity index (χ1) is 8.04. The van der Waals surface area contributed by atoms with Gasteiger partial charge >= 0.3 is 5.97 Å². The Labute approximate surface area is 101 Å². The highest BCUT2D eigenvalue weighted by molar-refractivity contribution is 6.01. The van der Waals surface area contributed by atoms with Crippen molar-refractivity contribution in [3.05, 3.63) is 0 Å². The number of ether oxygens (including phenoxy) is 2. The van der Waals surface area contributed by atoms with E-state index in [1.165, 1.54) is 0 Å². The molecule has 17 heavy (non-hydrogen) atoms. The Hall–Kier alpha value is -1.14. The molecule has 1 aliphatic carbocycles. The zero-order chi connectivity index (χ0) is 12.9. The average molecular weight is 244 g/mol. The zero-order valence-corrected chi connectivity index (χ0v) is 10.3. The first-order valence-corrected chi connectivity index (χ1v) is 5.80. The predicted molar refractivity (Wildman–Crippen MR) is 61.2 cm³/mol. The number of rotatable bonds is 6. The summed E-state index contributed by atoms with van der Waals surface area (Å²) in [6.45, 7) is 2.26. The summed E-state index contributed by atoms with van der Waals surface area (Å²) in [6, 6.07) is -1.26. The van der Waals surface area contributed by atoms with E-state index >= 15 is 0 Å². The van der Waals surface area contributed by atoms with Crippen molar-refractivity contribution in [2.45, 2.75) is 37.8 Å². The van der Waals surface area contributed by atoms with Crippen LogP contribution in [0, 0.1) is 0 Å². The number of hydrogen-bond acceptors (Lipinski definition) is 5. The summed E-state index contributed by atoms with van der Waals surface area (Å²) >= 11 is 0. The molecule has 0 bridgehead atoms. The Morgan fingerprint density at radius 3 is 2.53 bits per heavy atom. The van der Waals surface area contributed by atoms with Crippen LogP contribution >= 0.6 is 0 Å². The number of nitrogens with one attached hydrogen (secondary N) is 1. The smallest absolute Gasteiger partial charge is 0.332 e. The maximum Gasteiger partial charge on any atom is 0.332 e. The van der Waals surface area contributed by atoms with E-state index in [4.69, 9.17) is 10.5 Å². The highest BCUT2D eigenvalue weighted by Crippen LogP contribution is 2.34. The van der Waals surface area contributed by atoms with Crippen LogP contribution in [0.5, 0.6) is 0 Å². The molecule has 1 rings (SSSR count). The molecule has 0 spiro atoms. The number of amides is 1. The van der Waals surface area contributed by atoms with Crippen molar-refractivity contribution >= 4 is 11.9 Å². The fraction of sp³-hybridized carbons (Fsp3) is 0.818. The van der Waals surface area contributed by atoms with Crippen LogP contribution in [-0.2, 0) is 19.1 Å². The summed E-state index contributed by atoms with van der Waals surface area (Å²) in [6.07, 6.45) is 2.92. The minimum absolute atomic E-state index is 0.210. The molecule has 1 amide bonds. The monoisotopic (exact) mass is 244 g/mol. The van der Waals surface area contributed by atoms with Crippen molar-refractivity contribution in [3.8, 4) is 0 Å². The molecule has 0 aliphatic heterocycles. The van der Waals surface area contributed by atoms with Gasteiger partial charge in [0.1, 0.15) is 0 Å². The van der Waals surface area contributed by atoms with E-state index in [-0.39, 0.29) is 12.2 Å². The van der Waals surface area contributed by atoms with E-state index in [0.29, 0.717) is 6.54 Å². The second-order valence-corrected chi connectivity index (χ2v) is 4.19. The molecule has 0 aromatic heterocycles. The van der Waals surface area contributed by atoms with Gasteiger partial charge in [0.15, 0.2) is 6.04 Å². The fourth-order valence-electron chi connectivity index (χ4n) is 1.72. The summed E-state index contributed by atoms with van der Waals surface area (Å²) in [4.78, 5) is 22.8. The highest BCUT2D eigenvalue weighted by Gasteiger charge is 2.38.